The molecule has 3 rings (SSSR count). The van der Waals surface area contributed by atoms with E-state index in [4.69, 9.17) is 0 Å². The van der Waals surface area contributed by atoms with Crippen molar-refractivity contribution < 1.29 is 0 Å². The molecule has 0 radical (unpaired) electrons. The maximum atomic E-state index is 4.67. The molecule has 1 fully saturated rings. The SMILES string of the molecule is Cc1cc(N2CCNCC2)nc(-c2cccnc2)n1. The first kappa shape index (κ1) is 12.0. The van der Waals surface area contributed by atoms with Crippen LogP contribution in [0.1, 0.15) is 5.69 Å². The highest BCUT2D eigenvalue weighted by Gasteiger charge is 2.14. The second-order valence-corrected chi connectivity index (χ2v) is 4.67. The Hall–Kier alpha value is -2.01. The van der Waals surface area contributed by atoms with Crippen molar-refractivity contribution in [3.8, 4) is 11.4 Å². The van der Waals surface area contributed by atoms with Gasteiger partial charge in [-0.2, -0.15) is 0 Å². The molecular formula is C14H17N5. The minimum Gasteiger partial charge on any atom is -0.354 e. The number of anilines is 1. The molecule has 19 heavy (non-hydrogen) atoms. The third kappa shape index (κ3) is 2.71. The van der Waals surface area contributed by atoms with Gasteiger partial charge < -0.3 is 10.2 Å². The van der Waals surface area contributed by atoms with Crippen LogP contribution in [-0.4, -0.2) is 41.1 Å². The molecule has 1 aliphatic rings. The summed E-state index contributed by atoms with van der Waals surface area (Å²) in [5.74, 6) is 1.76. The molecule has 2 aromatic heterocycles. The van der Waals surface area contributed by atoms with Gasteiger partial charge >= 0.3 is 0 Å². The van der Waals surface area contributed by atoms with E-state index in [0.29, 0.717) is 0 Å². The second kappa shape index (κ2) is 5.32. The van der Waals surface area contributed by atoms with Crippen LogP contribution >= 0.6 is 0 Å². The fourth-order valence-corrected chi connectivity index (χ4v) is 2.23. The van der Waals surface area contributed by atoms with Crippen molar-refractivity contribution in [3.05, 3.63) is 36.3 Å². The summed E-state index contributed by atoms with van der Waals surface area (Å²) < 4.78 is 0. The number of rotatable bonds is 2. The normalized spacial score (nSPS) is 15.5. The molecule has 3 heterocycles. The zero-order valence-corrected chi connectivity index (χ0v) is 11.0. The minimum absolute atomic E-state index is 0.752. The van der Waals surface area contributed by atoms with Crippen molar-refractivity contribution in [2.24, 2.45) is 0 Å². The summed E-state index contributed by atoms with van der Waals surface area (Å²) in [6, 6.07) is 5.94. The van der Waals surface area contributed by atoms with Gasteiger partial charge in [-0.05, 0) is 19.1 Å². The zero-order chi connectivity index (χ0) is 13.1. The summed E-state index contributed by atoms with van der Waals surface area (Å²) in [7, 11) is 0. The summed E-state index contributed by atoms with van der Waals surface area (Å²) in [5.41, 5.74) is 1.95. The van der Waals surface area contributed by atoms with E-state index in [1.54, 1.807) is 12.4 Å². The molecule has 0 saturated carbocycles. The monoisotopic (exact) mass is 255 g/mol. The zero-order valence-electron chi connectivity index (χ0n) is 11.0. The van der Waals surface area contributed by atoms with E-state index in [9.17, 15) is 0 Å². The standard InChI is InChI=1S/C14H17N5/c1-11-9-13(19-7-5-15-6-8-19)18-14(17-11)12-3-2-4-16-10-12/h2-4,9-10,15H,5-8H2,1H3. The van der Waals surface area contributed by atoms with Crippen LogP contribution in [0.25, 0.3) is 11.4 Å². The lowest BCUT2D eigenvalue weighted by molar-refractivity contribution is 0.584. The Kier molecular flexibility index (Phi) is 3.37. The number of pyridine rings is 1. The van der Waals surface area contributed by atoms with Crippen LogP contribution in [0.5, 0.6) is 0 Å². The van der Waals surface area contributed by atoms with Gasteiger partial charge in [0.15, 0.2) is 5.82 Å². The summed E-state index contributed by atoms with van der Waals surface area (Å²) >= 11 is 0. The molecule has 0 aliphatic carbocycles. The topological polar surface area (TPSA) is 53.9 Å². The summed E-state index contributed by atoms with van der Waals surface area (Å²) in [6.45, 7) is 6.00. The molecule has 1 N–H and O–H groups in total. The highest BCUT2D eigenvalue weighted by atomic mass is 15.2. The number of hydrogen-bond donors (Lipinski definition) is 1. The fourth-order valence-electron chi connectivity index (χ4n) is 2.23. The van der Waals surface area contributed by atoms with E-state index in [2.05, 4.69) is 25.2 Å². The van der Waals surface area contributed by atoms with Gasteiger partial charge in [-0.15, -0.1) is 0 Å². The molecular weight excluding hydrogens is 238 g/mol. The molecule has 98 valence electrons. The van der Waals surface area contributed by atoms with Gasteiger partial charge in [0.25, 0.3) is 0 Å². The van der Waals surface area contributed by atoms with Gasteiger partial charge in [0.05, 0.1) is 0 Å². The van der Waals surface area contributed by atoms with Crippen LogP contribution in [0.2, 0.25) is 0 Å². The molecule has 2 aromatic rings. The molecule has 0 spiro atoms. The number of piperazine rings is 1. The molecule has 1 aliphatic heterocycles. The van der Waals surface area contributed by atoms with E-state index in [-0.39, 0.29) is 0 Å². The molecule has 5 nitrogen and oxygen atoms in total. The van der Waals surface area contributed by atoms with E-state index in [1.807, 2.05) is 25.1 Å². The lowest BCUT2D eigenvalue weighted by atomic mass is 10.2. The Morgan fingerprint density at radius 2 is 2.05 bits per heavy atom. The summed E-state index contributed by atoms with van der Waals surface area (Å²) in [6.07, 6.45) is 3.56. The van der Waals surface area contributed by atoms with Gasteiger partial charge in [0.2, 0.25) is 0 Å². The Morgan fingerprint density at radius 3 is 2.79 bits per heavy atom. The van der Waals surface area contributed by atoms with Crippen molar-refractivity contribution in [2.75, 3.05) is 31.1 Å². The molecule has 0 aromatic carbocycles. The van der Waals surface area contributed by atoms with Gasteiger partial charge in [0, 0.05) is 55.9 Å². The first-order valence-corrected chi connectivity index (χ1v) is 6.55. The minimum atomic E-state index is 0.752. The van der Waals surface area contributed by atoms with Crippen LogP contribution in [0.3, 0.4) is 0 Å². The largest absolute Gasteiger partial charge is 0.354 e. The van der Waals surface area contributed by atoms with Gasteiger partial charge in [-0.3, -0.25) is 4.98 Å². The number of aromatic nitrogens is 3. The molecule has 1 saturated heterocycles. The average molecular weight is 255 g/mol. The number of nitrogens with one attached hydrogen (secondary N) is 1. The van der Waals surface area contributed by atoms with E-state index >= 15 is 0 Å². The van der Waals surface area contributed by atoms with Crippen molar-refractivity contribution in [1.82, 2.24) is 20.3 Å². The van der Waals surface area contributed by atoms with Gasteiger partial charge in [-0.1, -0.05) is 0 Å². The lowest BCUT2D eigenvalue weighted by Crippen LogP contribution is -2.44. The number of hydrogen-bond acceptors (Lipinski definition) is 5. The lowest BCUT2D eigenvalue weighted by Gasteiger charge is -2.28. The molecule has 0 unspecified atom stereocenters. The van der Waals surface area contributed by atoms with Gasteiger partial charge in [-0.25, -0.2) is 9.97 Å². The second-order valence-electron chi connectivity index (χ2n) is 4.67. The fraction of sp³-hybridized carbons (Fsp3) is 0.357. The first-order valence-electron chi connectivity index (χ1n) is 6.55. The highest BCUT2D eigenvalue weighted by Crippen LogP contribution is 2.19. The molecule has 0 bridgehead atoms. The van der Waals surface area contributed by atoms with Crippen molar-refractivity contribution >= 4 is 5.82 Å². The molecule has 0 atom stereocenters. The van der Waals surface area contributed by atoms with E-state index < -0.39 is 0 Å². The van der Waals surface area contributed by atoms with Crippen molar-refractivity contribution in [2.45, 2.75) is 6.92 Å². The smallest absolute Gasteiger partial charge is 0.163 e. The Bertz CT molecular complexity index is 549. The van der Waals surface area contributed by atoms with Gasteiger partial charge in [0.1, 0.15) is 5.82 Å². The van der Waals surface area contributed by atoms with Crippen molar-refractivity contribution in [3.63, 3.8) is 0 Å². The number of nitrogens with zero attached hydrogens (tertiary/aromatic N) is 4. The van der Waals surface area contributed by atoms with E-state index in [1.165, 1.54) is 0 Å². The number of aryl methyl sites for hydroxylation is 1. The Morgan fingerprint density at radius 1 is 1.21 bits per heavy atom. The van der Waals surface area contributed by atoms with Crippen LogP contribution in [0, 0.1) is 6.92 Å². The van der Waals surface area contributed by atoms with Crippen LogP contribution in [0.4, 0.5) is 5.82 Å². The third-order valence-corrected chi connectivity index (χ3v) is 3.20. The molecule has 0 amide bonds. The van der Waals surface area contributed by atoms with Crippen LogP contribution in [0.15, 0.2) is 30.6 Å². The average Bonchev–Trinajstić information content (AvgIpc) is 2.48. The highest BCUT2D eigenvalue weighted by molar-refractivity contribution is 5.56. The quantitative estimate of drug-likeness (QED) is 0.875. The predicted octanol–water partition coefficient (Wildman–Crippen LogP) is 1.26. The Balaban J connectivity index is 1.96. The van der Waals surface area contributed by atoms with Crippen LogP contribution in [-0.2, 0) is 0 Å². The summed E-state index contributed by atoms with van der Waals surface area (Å²) in [5, 5.41) is 3.35. The Labute approximate surface area is 112 Å². The predicted molar refractivity (Wildman–Crippen MR) is 75.1 cm³/mol. The molecule has 5 heteroatoms. The maximum absolute atomic E-state index is 4.67. The maximum Gasteiger partial charge on any atom is 0.163 e. The van der Waals surface area contributed by atoms with E-state index in [0.717, 1.165) is 49.1 Å². The first-order chi connectivity index (χ1) is 9.33. The van der Waals surface area contributed by atoms with Crippen LogP contribution < -0.4 is 10.2 Å². The third-order valence-electron chi connectivity index (χ3n) is 3.20. The summed E-state index contributed by atoms with van der Waals surface area (Å²) in [4.78, 5) is 15.6. The van der Waals surface area contributed by atoms with Crippen molar-refractivity contribution in [1.29, 1.82) is 0 Å².